The molecular weight excluding hydrogens is 605 g/mol. The predicted molar refractivity (Wildman–Crippen MR) is 189 cm³/mol. The van der Waals surface area contributed by atoms with Gasteiger partial charge in [0.05, 0.1) is 5.92 Å². The van der Waals surface area contributed by atoms with Gasteiger partial charge in [-0.3, -0.25) is 9.69 Å². The van der Waals surface area contributed by atoms with Crippen molar-refractivity contribution in [1.29, 1.82) is 0 Å². The number of hydrogen-bond donors (Lipinski definition) is 1. The van der Waals surface area contributed by atoms with E-state index in [-0.39, 0.29) is 34.7 Å². The Morgan fingerprint density at radius 2 is 1.62 bits per heavy atom. The van der Waals surface area contributed by atoms with Gasteiger partial charge in [-0.15, -0.1) is 0 Å². The highest BCUT2D eigenvalue weighted by atomic mass is 32.2. The molecular formula is C40H66N2O4S. The number of hydrogen-bond acceptors (Lipinski definition) is 6. The molecule has 47 heavy (non-hydrogen) atoms. The third kappa shape index (κ3) is 5.43. The molecule has 0 bridgehead atoms. The van der Waals surface area contributed by atoms with Crippen LogP contribution in [-0.4, -0.2) is 70.5 Å². The van der Waals surface area contributed by atoms with Gasteiger partial charge >= 0.3 is 5.97 Å². The molecule has 7 aliphatic rings. The van der Waals surface area contributed by atoms with Gasteiger partial charge < -0.3 is 19.4 Å². The molecule has 6 nitrogen and oxygen atoms in total. The van der Waals surface area contributed by atoms with Gasteiger partial charge in [0, 0.05) is 42.5 Å². The van der Waals surface area contributed by atoms with Crippen LogP contribution in [0.1, 0.15) is 126 Å². The maximum absolute atomic E-state index is 13.5. The molecule has 7 fully saturated rings. The predicted octanol–water partition coefficient (Wildman–Crippen LogP) is 7.02. The van der Waals surface area contributed by atoms with Crippen molar-refractivity contribution >= 4 is 23.4 Å². The highest BCUT2D eigenvalue weighted by molar-refractivity contribution is 7.91. The third-order valence-corrected chi connectivity index (χ3v) is 18.4. The van der Waals surface area contributed by atoms with E-state index in [1.807, 2.05) is 0 Å². The molecule has 0 aromatic heterocycles. The molecule has 0 spiro atoms. The molecule has 6 saturated carbocycles. The van der Waals surface area contributed by atoms with E-state index in [0.29, 0.717) is 34.7 Å². The second kappa shape index (κ2) is 12.3. The van der Waals surface area contributed by atoms with Gasteiger partial charge in [0.25, 0.3) is 0 Å². The summed E-state index contributed by atoms with van der Waals surface area (Å²) in [5.41, 5.74) is 0.675. The lowest BCUT2D eigenvalue weighted by Gasteiger charge is -2.69. The number of carbonyl (C=O) groups excluding carboxylic acids is 2. The zero-order valence-electron chi connectivity index (χ0n) is 30.8. The van der Waals surface area contributed by atoms with E-state index in [1.54, 1.807) is 0 Å². The van der Waals surface area contributed by atoms with Crippen LogP contribution in [0.3, 0.4) is 0 Å². The second-order valence-electron chi connectivity index (χ2n) is 19.4. The number of aldehydes is 1. The molecule has 1 saturated heterocycles. The van der Waals surface area contributed by atoms with E-state index in [4.69, 9.17) is 4.74 Å². The van der Waals surface area contributed by atoms with E-state index in [9.17, 15) is 14.1 Å². The summed E-state index contributed by atoms with van der Waals surface area (Å²) in [4.78, 5) is 27.5. The number of ether oxygens (including phenoxy) is 1. The maximum Gasteiger partial charge on any atom is 0.309 e. The first-order valence-corrected chi connectivity index (χ1v) is 21.2. The van der Waals surface area contributed by atoms with Crippen molar-refractivity contribution in [2.75, 3.05) is 31.1 Å². The molecule has 0 aromatic carbocycles. The van der Waals surface area contributed by atoms with Crippen molar-refractivity contribution in [2.24, 2.45) is 63.1 Å². The molecule has 12 unspecified atom stereocenters. The number of rotatable bonds is 7. The Hall–Kier alpha value is -0.630. The van der Waals surface area contributed by atoms with Gasteiger partial charge in [-0.25, -0.2) is 0 Å². The first kappa shape index (κ1) is 34.8. The summed E-state index contributed by atoms with van der Waals surface area (Å²) in [6.07, 6.45) is 15.9. The maximum atomic E-state index is 13.5. The van der Waals surface area contributed by atoms with E-state index in [1.165, 1.54) is 64.2 Å². The van der Waals surface area contributed by atoms with Gasteiger partial charge in [-0.05, 0) is 123 Å². The Balaban J connectivity index is 1.03. The zero-order chi connectivity index (χ0) is 33.6. The average Bonchev–Trinajstić information content (AvgIpc) is 3.46. The smallest absolute Gasteiger partial charge is 0.309 e. The summed E-state index contributed by atoms with van der Waals surface area (Å²) in [5.74, 6) is 5.23. The van der Waals surface area contributed by atoms with Crippen LogP contribution >= 0.6 is 0 Å². The largest absolute Gasteiger partial charge is 0.616 e. The van der Waals surface area contributed by atoms with E-state index >= 15 is 0 Å². The fourth-order valence-electron chi connectivity index (χ4n) is 14.1. The number of esters is 1. The van der Waals surface area contributed by atoms with Crippen LogP contribution in [0.25, 0.3) is 0 Å². The monoisotopic (exact) mass is 670 g/mol. The molecule has 1 N–H and O–H groups in total. The fourth-order valence-corrected chi connectivity index (χ4v) is 15.2. The molecule has 7 rings (SSSR count). The van der Waals surface area contributed by atoms with Gasteiger partial charge in [0.1, 0.15) is 23.9 Å². The third-order valence-electron chi connectivity index (χ3n) is 17.1. The Morgan fingerprint density at radius 1 is 0.894 bits per heavy atom. The highest BCUT2D eigenvalue weighted by Crippen LogP contribution is 2.72. The molecule has 0 radical (unpaired) electrons. The minimum absolute atomic E-state index is 0.0315. The van der Waals surface area contributed by atoms with Gasteiger partial charge in [0.2, 0.25) is 0 Å². The molecule has 1 aliphatic heterocycles. The Morgan fingerprint density at radius 3 is 2.32 bits per heavy atom. The molecule has 266 valence electrons. The Bertz CT molecular complexity index is 1200. The summed E-state index contributed by atoms with van der Waals surface area (Å²) in [7, 11) is 0. The number of fused-ring (bicyclic) bond motifs is 7. The van der Waals surface area contributed by atoms with Gasteiger partial charge in [-0.1, -0.05) is 59.1 Å². The fraction of sp³-hybridized carbons (Fsp3) is 0.950. The van der Waals surface area contributed by atoms with Crippen molar-refractivity contribution in [3.05, 3.63) is 0 Å². The quantitative estimate of drug-likeness (QED) is 0.178. The molecule has 12 atom stereocenters. The van der Waals surface area contributed by atoms with Gasteiger partial charge in [0.15, 0.2) is 0 Å². The first-order valence-electron chi connectivity index (χ1n) is 19.7. The van der Waals surface area contributed by atoms with Crippen molar-refractivity contribution in [1.82, 2.24) is 10.2 Å². The van der Waals surface area contributed by atoms with E-state index in [2.05, 4.69) is 58.7 Å². The SMILES string of the molecule is CC(CNC12CCCC1C1CCC3C(C)(CCC4C(C)(C)C(OC(=O)C5CC(C=O)C5(C)C)CCC43C)C1CC2)N1CC[S+]([O-])CC1. The van der Waals surface area contributed by atoms with Crippen molar-refractivity contribution in [3.63, 3.8) is 0 Å². The standard InChI is InChI=1S/C40H66N2O4S/c1-26(42-19-21-47(45)22-20-42)24-41-40-15-8-9-30(40)28-10-11-33-38(6,29(28)12-18-40)16-13-32-37(4,5)34(14-17-39(32,33)7)46-35(44)31-23-27(25-43)36(31,2)3/h25-34,41H,8-24H2,1-7H3. The summed E-state index contributed by atoms with van der Waals surface area (Å²) in [5, 5.41) is 4.26. The van der Waals surface area contributed by atoms with Crippen LogP contribution in [0.5, 0.6) is 0 Å². The lowest BCUT2D eigenvalue weighted by molar-refractivity contribution is -0.224. The molecule has 0 amide bonds. The summed E-state index contributed by atoms with van der Waals surface area (Å²) >= 11 is -0.614. The van der Waals surface area contributed by atoms with Crippen molar-refractivity contribution in [3.8, 4) is 0 Å². The first-order chi connectivity index (χ1) is 22.2. The Labute approximate surface area is 289 Å². The minimum Gasteiger partial charge on any atom is -0.616 e. The molecule has 7 heteroatoms. The minimum atomic E-state index is -0.614. The van der Waals surface area contributed by atoms with E-state index < -0.39 is 11.2 Å². The molecule has 1 heterocycles. The summed E-state index contributed by atoms with van der Waals surface area (Å²) in [6.45, 7) is 19.7. The van der Waals surface area contributed by atoms with Crippen LogP contribution in [0.4, 0.5) is 0 Å². The number of nitrogens with one attached hydrogen (secondary N) is 1. The van der Waals surface area contributed by atoms with Crippen LogP contribution in [-0.2, 0) is 25.5 Å². The lowest BCUT2D eigenvalue weighted by atomic mass is 9.36. The summed E-state index contributed by atoms with van der Waals surface area (Å²) in [6, 6.07) is 0.510. The zero-order valence-corrected chi connectivity index (χ0v) is 31.6. The van der Waals surface area contributed by atoms with Crippen LogP contribution in [0.2, 0.25) is 0 Å². The normalized spacial score (nSPS) is 48.2. The van der Waals surface area contributed by atoms with Crippen LogP contribution in [0.15, 0.2) is 0 Å². The lowest BCUT2D eigenvalue weighted by Crippen LogP contribution is -2.65. The molecule has 0 aromatic rings. The number of nitrogens with zero attached hydrogens (tertiary/aromatic N) is 1. The highest BCUT2D eigenvalue weighted by Gasteiger charge is 2.67. The van der Waals surface area contributed by atoms with Crippen LogP contribution < -0.4 is 5.32 Å². The average molecular weight is 671 g/mol. The van der Waals surface area contributed by atoms with Gasteiger partial charge in [-0.2, -0.15) is 0 Å². The van der Waals surface area contributed by atoms with E-state index in [0.717, 1.165) is 67.5 Å². The topological polar surface area (TPSA) is 81.7 Å². The Kier molecular flexibility index (Phi) is 9.08. The van der Waals surface area contributed by atoms with Crippen molar-refractivity contribution < 1.29 is 18.9 Å². The summed E-state index contributed by atoms with van der Waals surface area (Å²) < 4.78 is 18.4. The second-order valence-corrected chi connectivity index (χ2v) is 21.1. The number of carbonyl (C=O) groups is 2. The van der Waals surface area contributed by atoms with Crippen molar-refractivity contribution in [2.45, 2.75) is 143 Å². The van der Waals surface area contributed by atoms with Crippen LogP contribution in [0, 0.1) is 63.1 Å². The molecule has 6 aliphatic carbocycles.